The van der Waals surface area contributed by atoms with Gasteiger partial charge in [-0.15, -0.1) is 0 Å². The molecule has 0 saturated carbocycles. The van der Waals surface area contributed by atoms with Crippen LogP contribution in [-0.4, -0.2) is 44.2 Å². The van der Waals surface area contributed by atoms with Gasteiger partial charge in [0.15, 0.2) is 11.6 Å². The van der Waals surface area contributed by atoms with E-state index in [1.165, 1.54) is 28.8 Å². The monoisotopic (exact) mass is 332 g/mol. The summed E-state index contributed by atoms with van der Waals surface area (Å²) in [7, 11) is -0.315. The molecule has 0 N–H and O–H groups in total. The van der Waals surface area contributed by atoms with Gasteiger partial charge in [-0.05, 0) is 49.3 Å². The molecule has 1 heterocycles. The number of rotatable bonds is 5. The molecule has 22 heavy (non-hydrogen) atoms. The van der Waals surface area contributed by atoms with Gasteiger partial charge in [0.05, 0.1) is 0 Å². The standard InChI is InChI=1S/C15H22F2N2O2S/c1-18(2)22(20,21)19-9-3-4-13(11-19)6-5-12-7-8-14(16)15(17)10-12/h7-8,10,13H,3-6,9,11H2,1-2H3/t13-/m0/s1. The van der Waals surface area contributed by atoms with Crippen LogP contribution in [0.4, 0.5) is 8.78 Å². The van der Waals surface area contributed by atoms with E-state index in [4.69, 9.17) is 0 Å². The van der Waals surface area contributed by atoms with Crippen LogP contribution in [0.15, 0.2) is 18.2 Å². The number of benzene rings is 1. The summed E-state index contributed by atoms with van der Waals surface area (Å²) in [4.78, 5) is 0. The molecule has 1 aliphatic rings. The van der Waals surface area contributed by atoms with Crippen LogP contribution in [0, 0.1) is 17.6 Å². The Morgan fingerprint density at radius 3 is 2.64 bits per heavy atom. The summed E-state index contributed by atoms with van der Waals surface area (Å²) in [5, 5.41) is 0. The summed E-state index contributed by atoms with van der Waals surface area (Å²) in [6.45, 7) is 1.03. The van der Waals surface area contributed by atoms with Crippen LogP contribution in [0.5, 0.6) is 0 Å². The van der Waals surface area contributed by atoms with Crippen molar-refractivity contribution in [2.75, 3.05) is 27.2 Å². The molecule has 0 unspecified atom stereocenters. The van der Waals surface area contributed by atoms with Gasteiger partial charge >= 0.3 is 0 Å². The molecule has 2 rings (SSSR count). The number of hydrogen-bond acceptors (Lipinski definition) is 2. The Labute approximate surface area is 130 Å². The lowest BCUT2D eigenvalue weighted by atomic mass is 9.93. The van der Waals surface area contributed by atoms with E-state index in [2.05, 4.69) is 0 Å². The fraction of sp³-hybridized carbons (Fsp3) is 0.600. The van der Waals surface area contributed by atoms with Crippen LogP contribution < -0.4 is 0 Å². The zero-order valence-electron chi connectivity index (χ0n) is 12.9. The molecule has 7 heteroatoms. The van der Waals surface area contributed by atoms with Crippen LogP contribution in [0.1, 0.15) is 24.8 Å². The van der Waals surface area contributed by atoms with E-state index in [0.29, 0.717) is 19.5 Å². The third-order valence-electron chi connectivity index (χ3n) is 4.09. The van der Waals surface area contributed by atoms with Gasteiger partial charge < -0.3 is 0 Å². The zero-order chi connectivity index (χ0) is 16.3. The maximum Gasteiger partial charge on any atom is 0.281 e. The van der Waals surface area contributed by atoms with Gasteiger partial charge in [0.25, 0.3) is 10.2 Å². The molecular weight excluding hydrogens is 310 g/mol. The molecule has 1 aromatic carbocycles. The maximum absolute atomic E-state index is 13.2. The highest BCUT2D eigenvalue weighted by Gasteiger charge is 2.30. The minimum Gasteiger partial charge on any atom is -0.204 e. The average Bonchev–Trinajstić information content (AvgIpc) is 2.48. The first-order chi connectivity index (χ1) is 10.3. The van der Waals surface area contributed by atoms with Gasteiger partial charge in [0.2, 0.25) is 0 Å². The Morgan fingerprint density at radius 1 is 1.27 bits per heavy atom. The van der Waals surface area contributed by atoms with Crippen molar-refractivity contribution in [1.82, 2.24) is 8.61 Å². The number of nitrogens with zero attached hydrogens (tertiary/aromatic N) is 2. The van der Waals surface area contributed by atoms with Crippen molar-refractivity contribution < 1.29 is 17.2 Å². The summed E-state index contributed by atoms with van der Waals surface area (Å²) in [5.41, 5.74) is 0.742. The summed E-state index contributed by atoms with van der Waals surface area (Å²) in [6, 6.07) is 3.93. The second-order valence-electron chi connectivity index (χ2n) is 5.94. The minimum atomic E-state index is -3.37. The molecular formula is C15H22F2N2O2S. The fourth-order valence-corrected chi connectivity index (χ4v) is 3.99. The first-order valence-electron chi connectivity index (χ1n) is 7.42. The lowest BCUT2D eigenvalue weighted by Crippen LogP contribution is -2.45. The molecule has 4 nitrogen and oxygen atoms in total. The maximum atomic E-state index is 13.2. The smallest absolute Gasteiger partial charge is 0.204 e. The molecule has 0 amide bonds. The Balaban J connectivity index is 1.94. The first-order valence-corrected chi connectivity index (χ1v) is 8.82. The van der Waals surface area contributed by atoms with E-state index >= 15 is 0 Å². The van der Waals surface area contributed by atoms with Gasteiger partial charge in [0, 0.05) is 27.2 Å². The van der Waals surface area contributed by atoms with Gasteiger partial charge in [-0.1, -0.05) is 6.07 Å². The highest BCUT2D eigenvalue weighted by molar-refractivity contribution is 7.86. The SMILES string of the molecule is CN(C)S(=O)(=O)N1CCC[C@@H](CCc2ccc(F)c(F)c2)C1. The van der Waals surface area contributed by atoms with E-state index in [1.54, 1.807) is 6.07 Å². The van der Waals surface area contributed by atoms with Crippen molar-refractivity contribution in [3.05, 3.63) is 35.4 Å². The van der Waals surface area contributed by atoms with Crippen LogP contribution in [-0.2, 0) is 16.6 Å². The Kier molecular flexibility index (Phi) is 5.52. The topological polar surface area (TPSA) is 40.6 Å². The van der Waals surface area contributed by atoms with E-state index in [1.807, 2.05) is 0 Å². The van der Waals surface area contributed by atoms with Crippen molar-refractivity contribution >= 4 is 10.2 Å². The lowest BCUT2D eigenvalue weighted by molar-refractivity contribution is 0.246. The molecule has 124 valence electrons. The predicted octanol–water partition coefficient (Wildman–Crippen LogP) is 2.42. The highest BCUT2D eigenvalue weighted by atomic mass is 32.2. The van der Waals surface area contributed by atoms with Crippen LogP contribution in [0.3, 0.4) is 0 Å². The molecule has 0 bridgehead atoms. The van der Waals surface area contributed by atoms with Crippen LogP contribution in [0.2, 0.25) is 0 Å². The molecule has 0 aliphatic carbocycles. The normalized spacial score (nSPS) is 20.5. The Hall–Kier alpha value is -1.05. The van der Waals surface area contributed by atoms with Crippen molar-refractivity contribution in [3.8, 4) is 0 Å². The summed E-state index contributed by atoms with van der Waals surface area (Å²) in [5.74, 6) is -1.43. The quantitative estimate of drug-likeness (QED) is 0.831. The molecule has 1 aliphatic heterocycles. The summed E-state index contributed by atoms with van der Waals surface area (Å²) >= 11 is 0. The molecule has 0 radical (unpaired) electrons. The van der Waals surface area contributed by atoms with Crippen molar-refractivity contribution in [2.45, 2.75) is 25.7 Å². The molecule has 1 atom stereocenters. The lowest BCUT2D eigenvalue weighted by Gasteiger charge is -2.33. The van der Waals surface area contributed by atoms with E-state index in [9.17, 15) is 17.2 Å². The Bertz CT molecular complexity index is 620. The molecule has 1 saturated heterocycles. The number of halogens is 2. The number of piperidine rings is 1. The predicted molar refractivity (Wildman–Crippen MR) is 81.6 cm³/mol. The van der Waals surface area contributed by atoms with Gasteiger partial charge in [-0.25, -0.2) is 8.78 Å². The van der Waals surface area contributed by atoms with Gasteiger partial charge in [-0.2, -0.15) is 17.0 Å². The summed E-state index contributed by atoms with van der Waals surface area (Å²) in [6.07, 6.45) is 3.18. The van der Waals surface area contributed by atoms with Crippen LogP contribution >= 0.6 is 0 Å². The minimum absolute atomic E-state index is 0.247. The summed E-state index contributed by atoms with van der Waals surface area (Å²) < 4.78 is 53.1. The second kappa shape index (κ2) is 7.02. The molecule has 1 aromatic rings. The van der Waals surface area contributed by atoms with E-state index in [-0.39, 0.29) is 5.92 Å². The third-order valence-corrected chi connectivity index (χ3v) is 6.00. The van der Waals surface area contributed by atoms with Gasteiger partial charge in [0.1, 0.15) is 0 Å². The van der Waals surface area contributed by atoms with E-state index in [0.717, 1.165) is 30.9 Å². The van der Waals surface area contributed by atoms with Crippen LogP contribution in [0.25, 0.3) is 0 Å². The fourth-order valence-electron chi connectivity index (χ4n) is 2.77. The molecule has 1 fully saturated rings. The number of hydrogen-bond donors (Lipinski definition) is 0. The van der Waals surface area contributed by atoms with Crippen molar-refractivity contribution in [2.24, 2.45) is 5.92 Å². The highest BCUT2D eigenvalue weighted by Crippen LogP contribution is 2.24. The number of aryl methyl sites for hydroxylation is 1. The van der Waals surface area contributed by atoms with Crippen molar-refractivity contribution in [1.29, 1.82) is 0 Å². The average molecular weight is 332 g/mol. The Morgan fingerprint density at radius 2 is 2.00 bits per heavy atom. The first kappa shape index (κ1) is 17.3. The molecule has 0 spiro atoms. The van der Waals surface area contributed by atoms with Crippen molar-refractivity contribution in [3.63, 3.8) is 0 Å². The zero-order valence-corrected chi connectivity index (χ0v) is 13.7. The second-order valence-corrected chi connectivity index (χ2v) is 8.09. The third kappa shape index (κ3) is 4.02. The molecule has 0 aromatic heterocycles. The van der Waals surface area contributed by atoms with Gasteiger partial charge in [-0.3, -0.25) is 0 Å². The van der Waals surface area contributed by atoms with E-state index < -0.39 is 21.8 Å². The largest absolute Gasteiger partial charge is 0.281 e.